The van der Waals surface area contributed by atoms with E-state index in [-0.39, 0.29) is 4.83 Å². The highest BCUT2D eigenvalue weighted by Crippen LogP contribution is 2.37. The van der Waals surface area contributed by atoms with Crippen molar-refractivity contribution in [1.82, 2.24) is 10.1 Å². The molecular formula is C11H17BrN2O. The maximum atomic E-state index is 5.26. The number of aromatic nitrogens is 2. The average molecular weight is 273 g/mol. The van der Waals surface area contributed by atoms with Crippen LogP contribution in [0.25, 0.3) is 0 Å². The minimum atomic E-state index is 0.206. The summed E-state index contributed by atoms with van der Waals surface area (Å²) in [7, 11) is 0. The lowest BCUT2D eigenvalue weighted by Gasteiger charge is -2.02. The summed E-state index contributed by atoms with van der Waals surface area (Å²) in [6, 6.07) is 0. The molecule has 0 radical (unpaired) electrons. The Balaban J connectivity index is 2.07. The molecule has 1 heterocycles. The highest BCUT2D eigenvalue weighted by molar-refractivity contribution is 9.09. The predicted octanol–water partition coefficient (Wildman–Crippen LogP) is 3.82. The van der Waals surface area contributed by atoms with Crippen LogP contribution in [0.3, 0.4) is 0 Å². The molecule has 1 aliphatic rings. The van der Waals surface area contributed by atoms with Crippen molar-refractivity contribution >= 4 is 15.9 Å². The lowest BCUT2D eigenvalue weighted by Crippen LogP contribution is -1.97. The van der Waals surface area contributed by atoms with Gasteiger partial charge in [0.15, 0.2) is 5.82 Å². The molecule has 3 atom stereocenters. The van der Waals surface area contributed by atoms with Gasteiger partial charge in [0.05, 0.1) is 4.83 Å². The second-order valence-corrected chi connectivity index (χ2v) is 5.59. The lowest BCUT2D eigenvalue weighted by atomic mass is 10.1. The molecule has 15 heavy (non-hydrogen) atoms. The average Bonchev–Trinajstić information content (AvgIpc) is 2.84. The molecule has 0 aromatic carbocycles. The summed E-state index contributed by atoms with van der Waals surface area (Å²) in [5.74, 6) is 2.97. The summed E-state index contributed by atoms with van der Waals surface area (Å²) in [6.45, 7) is 4.39. The molecule has 4 heteroatoms. The van der Waals surface area contributed by atoms with Crippen LogP contribution in [-0.4, -0.2) is 10.1 Å². The van der Waals surface area contributed by atoms with Gasteiger partial charge >= 0.3 is 0 Å². The standard InChI is InChI=1S/C11H17BrN2O/c1-3-9(12)11-13-10(14-15-11)8-5-4-7(2)6-8/h7-9H,3-6H2,1-2H3. The molecule has 0 aliphatic heterocycles. The molecule has 1 fully saturated rings. The van der Waals surface area contributed by atoms with Crippen molar-refractivity contribution in [2.75, 3.05) is 0 Å². The zero-order valence-corrected chi connectivity index (χ0v) is 10.8. The first-order chi connectivity index (χ1) is 7.20. The maximum Gasteiger partial charge on any atom is 0.240 e. The van der Waals surface area contributed by atoms with Crippen LogP contribution >= 0.6 is 15.9 Å². The molecule has 1 saturated carbocycles. The second kappa shape index (κ2) is 4.64. The SMILES string of the molecule is CCC(Br)c1nc(C2CCC(C)C2)no1. The number of halogens is 1. The van der Waals surface area contributed by atoms with E-state index < -0.39 is 0 Å². The van der Waals surface area contributed by atoms with E-state index in [1.165, 1.54) is 19.3 Å². The van der Waals surface area contributed by atoms with E-state index in [9.17, 15) is 0 Å². The third kappa shape index (κ3) is 2.41. The fourth-order valence-electron chi connectivity index (χ4n) is 2.16. The smallest absolute Gasteiger partial charge is 0.240 e. The van der Waals surface area contributed by atoms with Crippen LogP contribution in [0.15, 0.2) is 4.52 Å². The second-order valence-electron chi connectivity index (χ2n) is 4.48. The van der Waals surface area contributed by atoms with Gasteiger partial charge in [-0.2, -0.15) is 4.98 Å². The Morgan fingerprint density at radius 1 is 1.53 bits per heavy atom. The Labute approximate surface area is 98.8 Å². The third-order valence-electron chi connectivity index (χ3n) is 3.14. The summed E-state index contributed by atoms with van der Waals surface area (Å²) in [5, 5.41) is 4.09. The number of rotatable bonds is 3. The molecule has 1 aliphatic carbocycles. The van der Waals surface area contributed by atoms with Gasteiger partial charge < -0.3 is 4.52 Å². The molecule has 2 rings (SSSR count). The number of hydrogen-bond donors (Lipinski definition) is 0. The van der Waals surface area contributed by atoms with E-state index in [4.69, 9.17) is 4.52 Å². The summed E-state index contributed by atoms with van der Waals surface area (Å²) >= 11 is 3.52. The third-order valence-corrected chi connectivity index (χ3v) is 4.18. The Morgan fingerprint density at radius 2 is 2.33 bits per heavy atom. The van der Waals surface area contributed by atoms with E-state index in [2.05, 4.69) is 39.9 Å². The van der Waals surface area contributed by atoms with Crippen molar-refractivity contribution in [2.45, 2.75) is 50.3 Å². The van der Waals surface area contributed by atoms with Gasteiger partial charge in [-0.3, -0.25) is 0 Å². The van der Waals surface area contributed by atoms with E-state index in [0.717, 1.165) is 24.1 Å². The van der Waals surface area contributed by atoms with Gasteiger partial charge in [-0.15, -0.1) is 0 Å². The molecule has 84 valence electrons. The van der Waals surface area contributed by atoms with Crippen LogP contribution in [0.1, 0.15) is 62.0 Å². The van der Waals surface area contributed by atoms with Crippen LogP contribution in [0, 0.1) is 5.92 Å². The van der Waals surface area contributed by atoms with Crippen LogP contribution < -0.4 is 0 Å². The van der Waals surface area contributed by atoms with Crippen LogP contribution in [0.4, 0.5) is 0 Å². The normalized spacial score (nSPS) is 28.2. The minimum absolute atomic E-state index is 0.206. The van der Waals surface area contributed by atoms with Gasteiger partial charge in [-0.05, 0) is 31.6 Å². The Kier molecular flexibility index (Phi) is 3.44. The minimum Gasteiger partial charge on any atom is -0.338 e. The Morgan fingerprint density at radius 3 is 2.93 bits per heavy atom. The fraction of sp³-hybridized carbons (Fsp3) is 0.818. The van der Waals surface area contributed by atoms with Gasteiger partial charge in [0.2, 0.25) is 5.89 Å². The molecule has 3 unspecified atom stereocenters. The highest BCUT2D eigenvalue weighted by atomic mass is 79.9. The summed E-state index contributed by atoms with van der Waals surface area (Å²) in [6.07, 6.45) is 4.68. The molecular weight excluding hydrogens is 256 g/mol. The zero-order chi connectivity index (χ0) is 10.8. The van der Waals surface area contributed by atoms with Gasteiger partial charge in [0.25, 0.3) is 0 Å². The number of hydrogen-bond acceptors (Lipinski definition) is 3. The number of alkyl halides is 1. The van der Waals surface area contributed by atoms with Crippen molar-refractivity contribution in [3.63, 3.8) is 0 Å². The largest absolute Gasteiger partial charge is 0.338 e. The molecule has 1 aromatic heterocycles. The molecule has 0 bridgehead atoms. The van der Waals surface area contributed by atoms with E-state index in [0.29, 0.717) is 5.92 Å². The van der Waals surface area contributed by atoms with Crippen LogP contribution in [-0.2, 0) is 0 Å². The van der Waals surface area contributed by atoms with Crippen molar-refractivity contribution in [2.24, 2.45) is 5.92 Å². The molecule has 3 nitrogen and oxygen atoms in total. The molecule has 0 amide bonds. The molecule has 0 N–H and O–H groups in total. The van der Waals surface area contributed by atoms with Crippen LogP contribution in [0.5, 0.6) is 0 Å². The number of nitrogens with zero attached hydrogens (tertiary/aromatic N) is 2. The Hall–Kier alpha value is -0.380. The fourth-order valence-corrected chi connectivity index (χ4v) is 2.34. The predicted molar refractivity (Wildman–Crippen MR) is 62.0 cm³/mol. The lowest BCUT2D eigenvalue weighted by molar-refractivity contribution is 0.367. The van der Waals surface area contributed by atoms with E-state index in [1.54, 1.807) is 0 Å². The molecule has 0 spiro atoms. The maximum absolute atomic E-state index is 5.26. The van der Waals surface area contributed by atoms with Crippen molar-refractivity contribution in [3.8, 4) is 0 Å². The first-order valence-corrected chi connectivity index (χ1v) is 6.59. The van der Waals surface area contributed by atoms with Crippen molar-refractivity contribution in [1.29, 1.82) is 0 Å². The van der Waals surface area contributed by atoms with E-state index in [1.807, 2.05) is 0 Å². The summed E-state index contributed by atoms with van der Waals surface area (Å²) in [5.41, 5.74) is 0. The molecule has 0 saturated heterocycles. The van der Waals surface area contributed by atoms with Crippen LogP contribution in [0.2, 0.25) is 0 Å². The van der Waals surface area contributed by atoms with Gasteiger partial charge in [0, 0.05) is 5.92 Å². The monoisotopic (exact) mass is 272 g/mol. The van der Waals surface area contributed by atoms with Crippen molar-refractivity contribution < 1.29 is 4.52 Å². The molecule has 1 aromatic rings. The highest BCUT2D eigenvalue weighted by Gasteiger charge is 2.27. The van der Waals surface area contributed by atoms with Gasteiger partial charge in [0.1, 0.15) is 0 Å². The quantitative estimate of drug-likeness (QED) is 0.786. The first-order valence-electron chi connectivity index (χ1n) is 5.68. The summed E-state index contributed by atoms with van der Waals surface area (Å²) < 4.78 is 5.26. The van der Waals surface area contributed by atoms with E-state index >= 15 is 0 Å². The topological polar surface area (TPSA) is 38.9 Å². The van der Waals surface area contributed by atoms with Gasteiger partial charge in [-0.25, -0.2) is 0 Å². The zero-order valence-electron chi connectivity index (χ0n) is 9.24. The first kappa shape index (κ1) is 11.1. The Bertz CT molecular complexity index is 326. The van der Waals surface area contributed by atoms with Gasteiger partial charge in [-0.1, -0.05) is 34.9 Å². The van der Waals surface area contributed by atoms with Crippen molar-refractivity contribution in [3.05, 3.63) is 11.7 Å². The summed E-state index contributed by atoms with van der Waals surface area (Å²) in [4.78, 5) is 4.68.